The Kier molecular flexibility index (Phi) is 5.33. The third-order valence-electron chi connectivity index (χ3n) is 4.20. The van der Waals surface area contributed by atoms with E-state index in [1.54, 1.807) is 12.3 Å². The lowest BCUT2D eigenvalue weighted by Crippen LogP contribution is -2.34. The van der Waals surface area contributed by atoms with Crippen LogP contribution in [0.25, 0.3) is 11.3 Å². The number of ether oxygens (including phenoxy) is 1. The SMILES string of the molecule is CSc1nccc(-c2cc(Cl)c3c(c2)C[C@H](CNC(=O)c2cccs2)O3)n1. The largest absolute Gasteiger partial charge is 0.486 e. The Bertz CT molecular complexity index is 979. The summed E-state index contributed by atoms with van der Waals surface area (Å²) in [6, 6.07) is 9.44. The number of rotatable bonds is 5. The van der Waals surface area contributed by atoms with Gasteiger partial charge in [0.25, 0.3) is 5.91 Å². The number of benzene rings is 1. The number of thioether (sulfide) groups is 1. The number of aromatic nitrogens is 2. The first-order valence-electron chi connectivity index (χ1n) is 8.32. The highest BCUT2D eigenvalue weighted by atomic mass is 35.5. The van der Waals surface area contributed by atoms with Crippen molar-refractivity contribution in [1.29, 1.82) is 0 Å². The number of carbonyl (C=O) groups excluding carboxylic acids is 1. The number of nitrogens with zero attached hydrogens (tertiary/aromatic N) is 2. The predicted octanol–water partition coefficient (Wildman–Crippen LogP) is 4.31. The summed E-state index contributed by atoms with van der Waals surface area (Å²) in [5.74, 6) is 0.608. The molecule has 0 unspecified atom stereocenters. The monoisotopic (exact) mass is 417 g/mol. The summed E-state index contributed by atoms with van der Waals surface area (Å²) >= 11 is 9.36. The normalized spacial score (nSPS) is 15.3. The van der Waals surface area contributed by atoms with Crippen molar-refractivity contribution >= 4 is 40.6 Å². The van der Waals surface area contributed by atoms with E-state index in [2.05, 4.69) is 21.4 Å². The van der Waals surface area contributed by atoms with Gasteiger partial charge in [-0.15, -0.1) is 11.3 Å². The Morgan fingerprint density at radius 2 is 2.33 bits per heavy atom. The Hall–Kier alpha value is -2.09. The van der Waals surface area contributed by atoms with Crippen molar-refractivity contribution < 1.29 is 9.53 Å². The second-order valence-electron chi connectivity index (χ2n) is 6.01. The zero-order valence-corrected chi connectivity index (χ0v) is 16.8. The van der Waals surface area contributed by atoms with Crippen LogP contribution >= 0.6 is 34.7 Å². The highest BCUT2D eigenvalue weighted by Gasteiger charge is 2.26. The van der Waals surface area contributed by atoms with E-state index in [4.69, 9.17) is 16.3 Å². The van der Waals surface area contributed by atoms with Gasteiger partial charge in [-0.2, -0.15) is 0 Å². The number of hydrogen-bond acceptors (Lipinski definition) is 6. The second kappa shape index (κ2) is 7.88. The summed E-state index contributed by atoms with van der Waals surface area (Å²) in [5, 5.41) is 6.08. The highest BCUT2D eigenvalue weighted by molar-refractivity contribution is 7.98. The molecule has 0 radical (unpaired) electrons. The number of nitrogens with one attached hydrogen (secondary N) is 1. The number of fused-ring (bicyclic) bond motifs is 1. The fourth-order valence-electron chi connectivity index (χ4n) is 2.95. The Morgan fingerprint density at radius 1 is 1.44 bits per heavy atom. The Labute approximate surface area is 170 Å². The molecule has 27 heavy (non-hydrogen) atoms. The first-order valence-corrected chi connectivity index (χ1v) is 10.8. The molecule has 3 aromatic rings. The fraction of sp³-hybridized carbons (Fsp3) is 0.211. The van der Waals surface area contributed by atoms with Crippen molar-refractivity contribution in [2.45, 2.75) is 17.7 Å². The minimum Gasteiger partial charge on any atom is -0.486 e. The molecule has 3 heterocycles. The smallest absolute Gasteiger partial charge is 0.261 e. The van der Waals surface area contributed by atoms with Crippen LogP contribution in [0.4, 0.5) is 0 Å². The highest BCUT2D eigenvalue weighted by Crippen LogP contribution is 2.39. The van der Waals surface area contributed by atoms with E-state index in [1.165, 1.54) is 23.1 Å². The predicted molar refractivity (Wildman–Crippen MR) is 109 cm³/mol. The molecule has 0 bridgehead atoms. The van der Waals surface area contributed by atoms with Crippen molar-refractivity contribution in [2.24, 2.45) is 0 Å². The molecule has 138 valence electrons. The van der Waals surface area contributed by atoms with Crippen LogP contribution in [0.15, 0.2) is 47.1 Å². The summed E-state index contributed by atoms with van der Waals surface area (Å²) in [4.78, 5) is 21.5. The number of hydrogen-bond donors (Lipinski definition) is 1. The molecule has 0 saturated carbocycles. The standard InChI is InChI=1S/C19H16ClN3O2S2/c1-26-19-21-5-4-15(23-19)11-7-12-8-13(25-17(12)14(20)9-11)10-22-18(24)16-3-2-6-27-16/h2-7,9,13H,8,10H2,1H3,(H,22,24)/t13-/m1/s1. The van der Waals surface area contributed by atoms with Crippen LogP contribution in [0.5, 0.6) is 5.75 Å². The Balaban J connectivity index is 1.48. The van der Waals surface area contributed by atoms with Crippen molar-refractivity contribution in [1.82, 2.24) is 15.3 Å². The maximum atomic E-state index is 12.1. The molecule has 0 fully saturated rings. The molecule has 0 spiro atoms. The lowest BCUT2D eigenvalue weighted by molar-refractivity contribution is 0.0937. The van der Waals surface area contributed by atoms with Crippen molar-refractivity contribution in [3.8, 4) is 17.0 Å². The number of carbonyl (C=O) groups is 1. The topological polar surface area (TPSA) is 64.1 Å². The van der Waals surface area contributed by atoms with E-state index >= 15 is 0 Å². The van der Waals surface area contributed by atoms with Gasteiger partial charge in [-0.05, 0) is 35.9 Å². The summed E-state index contributed by atoms with van der Waals surface area (Å²) in [5.41, 5.74) is 2.79. The molecule has 1 aromatic carbocycles. The minimum atomic E-state index is -0.135. The van der Waals surface area contributed by atoms with Crippen molar-refractivity contribution in [3.05, 3.63) is 57.4 Å². The fourth-order valence-corrected chi connectivity index (χ4v) is 4.23. The molecule has 1 atom stereocenters. The molecule has 1 aliphatic heterocycles. The second-order valence-corrected chi connectivity index (χ2v) is 8.13. The molecule has 1 N–H and O–H groups in total. The van der Waals surface area contributed by atoms with Crippen LogP contribution in [0.2, 0.25) is 5.02 Å². The van der Waals surface area contributed by atoms with E-state index < -0.39 is 0 Å². The third-order valence-corrected chi connectivity index (χ3v) is 5.91. The van der Waals surface area contributed by atoms with Crippen LogP contribution in [-0.4, -0.2) is 34.8 Å². The molecular weight excluding hydrogens is 402 g/mol. The van der Waals surface area contributed by atoms with Crippen molar-refractivity contribution in [3.63, 3.8) is 0 Å². The van der Waals surface area contributed by atoms with E-state index in [0.717, 1.165) is 22.0 Å². The summed E-state index contributed by atoms with van der Waals surface area (Å²) in [6.45, 7) is 0.432. The van der Waals surface area contributed by atoms with Gasteiger partial charge in [0.15, 0.2) is 5.16 Å². The average molecular weight is 418 g/mol. The molecule has 0 saturated heterocycles. The van der Waals surface area contributed by atoms with E-state index in [9.17, 15) is 4.79 Å². The maximum Gasteiger partial charge on any atom is 0.261 e. The van der Waals surface area contributed by atoms with Gasteiger partial charge in [0, 0.05) is 23.7 Å². The van der Waals surface area contributed by atoms with Crippen LogP contribution in [0.1, 0.15) is 15.2 Å². The molecule has 5 nitrogen and oxygen atoms in total. The van der Waals surface area contributed by atoms with Gasteiger partial charge in [-0.3, -0.25) is 4.79 Å². The number of halogens is 1. The van der Waals surface area contributed by atoms with Gasteiger partial charge >= 0.3 is 0 Å². The first kappa shape index (κ1) is 18.3. The van der Waals surface area contributed by atoms with E-state index in [-0.39, 0.29) is 12.0 Å². The summed E-state index contributed by atoms with van der Waals surface area (Å²) < 4.78 is 5.96. The first-order chi connectivity index (χ1) is 13.1. The lowest BCUT2D eigenvalue weighted by atomic mass is 10.0. The third kappa shape index (κ3) is 3.95. The van der Waals surface area contributed by atoms with Gasteiger partial charge in [-0.1, -0.05) is 29.4 Å². The van der Waals surface area contributed by atoms with Gasteiger partial charge in [0.1, 0.15) is 11.9 Å². The Morgan fingerprint density at radius 3 is 3.11 bits per heavy atom. The number of amides is 1. The molecule has 0 aliphatic carbocycles. The van der Waals surface area contributed by atoms with Gasteiger partial charge < -0.3 is 10.1 Å². The van der Waals surface area contributed by atoms with Crippen LogP contribution < -0.4 is 10.1 Å². The molecule has 1 amide bonds. The molecule has 4 rings (SSSR count). The van der Waals surface area contributed by atoms with Crippen molar-refractivity contribution in [2.75, 3.05) is 12.8 Å². The molecule has 2 aromatic heterocycles. The summed E-state index contributed by atoms with van der Waals surface area (Å²) in [7, 11) is 0. The van der Waals surface area contributed by atoms with Gasteiger partial charge in [-0.25, -0.2) is 9.97 Å². The van der Waals surface area contributed by atoms with Gasteiger partial charge in [0.05, 0.1) is 22.1 Å². The maximum absolute atomic E-state index is 12.1. The van der Waals surface area contributed by atoms with Crippen LogP contribution in [-0.2, 0) is 6.42 Å². The number of thiophene rings is 1. The lowest BCUT2D eigenvalue weighted by Gasteiger charge is -2.12. The van der Waals surface area contributed by atoms with E-state index in [1.807, 2.05) is 29.8 Å². The van der Waals surface area contributed by atoms with E-state index in [0.29, 0.717) is 28.6 Å². The van der Waals surface area contributed by atoms with Gasteiger partial charge in [0.2, 0.25) is 0 Å². The molecular formula is C19H16ClN3O2S2. The average Bonchev–Trinajstić information content (AvgIpc) is 3.36. The van der Waals surface area contributed by atoms with Crippen LogP contribution in [0, 0.1) is 0 Å². The minimum absolute atomic E-state index is 0.0816. The zero-order valence-electron chi connectivity index (χ0n) is 14.4. The zero-order chi connectivity index (χ0) is 18.8. The summed E-state index contributed by atoms with van der Waals surface area (Å²) in [6.07, 6.45) is 4.24. The molecule has 1 aliphatic rings. The van der Waals surface area contributed by atoms with Crippen LogP contribution in [0.3, 0.4) is 0 Å². The molecule has 8 heteroatoms. The quantitative estimate of drug-likeness (QED) is 0.495.